The second-order valence-electron chi connectivity index (χ2n) is 4.53. The maximum Gasteiger partial charge on any atom is 0.264 e. The number of nitrogens with one attached hydrogen (secondary N) is 1. The van der Waals surface area contributed by atoms with Gasteiger partial charge in [0.25, 0.3) is 10.0 Å². The van der Waals surface area contributed by atoms with Gasteiger partial charge in [0.05, 0.1) is 16.1 Å². The van der Waals surface area contributed by atoms with E-state index in [9.17, 15) is 8.42 Å². The molecule has 0 amide bonds. The third kappa shape index (κ3) is 2.65. The summed E-state index contributed by atoms with van der Waals surface area (Å²) in [6, 6.07) is 9.42. The van der Waals surface area contributed by atoms with Crippen LogP contribution in [0.5, 0.6) is 0 Å². The number of nitrogen functional groups attached to an aromatic ring is 1. The minimum Gasteiger partial charge on any atom is -0.384 e. The van der Waals surface area contributed by atoms with E-state index in [4.69, 9.17) is 10.3 Å². The molecule has 3 rings (SSSR count). The highest BCUT2D eigenvalue weighted by molar-refractivity contribution is 7.92. The van der Waals surface area contributed by atoms with Gasteiger partial charge in [-0.2, -0.15) is 0 Å². The zero-order valence-corrected chi connectivity index (χ0v) is 11.9. The van der Waals surface area contributed by atoms with Crippen LogP contribution in [0.2, 0.25) is 0 Å². The highest BCUT2D eigenvalue weighted by Gasteiger charge is 2.17. The van der Waals surface area contributed by atoms with E-state index >= 15 is 0 Å². The van der Waals surface area contributed by atoms with Crippen molar-refractivity contribution in [3.05, 3.63) is 42.1 Å². The van der Waals surface area contributed by atoms with E-state index in [0.29, 0.717) is 22.4 Å². The smallest absolute Gasteiger partial charge is 0.264 e. The molecule has 0 unspecified atom stereocenters. The van der Waals surface area contributed by atoms with Crippen LogP contribution in [0.1, 0.15) is 5.69 Å². The highest BCUT2D eigenvalue weighted by Crippen LogP contribution is 2.21. The predicted octanol–water partition coefficient (Wildman–Crippen LogP) is 1.91. The number of benzene rings is 1. The van der Waals surface area contributed by atoms with E-state index in [2.05, 4.69) is 14.9 Å². The number of sulfonamides is 1. The summed E-state index contributed by atoms with van der Waals surface area (Å²) in [5.74, 6) is 0.455. The van der Waals surface area contributed by atoms with E-state index in [1.54, 1.807) is 25.1 Å². The summed E-state index contributed by atoms with van der Waals surface area (Å²) in [5.41, 5.74) is 6.81. The number of fused-ring (bicyclic) bond motifs is 1. The van der Waals surface area contributed by atoms with E-state index in [0.717, 1.165) is 0 Å². The first-order valence-electron chi connectivity index (χ1n) is 6.06. The van der Waals surface area contributed by atoms with Gasteiger partial charge in [0.1, 0.15) is 5.82 Å². The molecule has 0 radical (unpaired) electrons. The quantitative estimate of drug-likeness (QED) is 0.764. The van der Waals surface area contributed by atoms with E-state index < -0.39 is 10.0 Å². The number of nitrogens with two attached hydrogens (primary N) is 1. The van der Waals surface area contributed by atoms with Gasteiger partial charge in [-0.1, -0.05) is 5.16 Å². The summed E-state index contributed by atoms with van der Waals surface area (Å²) in [7, 11) is -3.74. The fourth-order valence-corrected chi connectivity index (χ4v) is 2.90. The minimum atomic E-state index is -3.74. The van der Waals surface area contributed by atoms with Crippen LogP contribution >= 0.6 is 0 Å². The topological polar surface area (TPSA) is 111 Å². The third-order valence-corrected chi connectivity index (χ3v) is 4.20. The largest absolute Gasteiger partial charge is 0.384 e. The maximum absolute atomic E-state index is 12.3. The summed E-state index contributed by atoms with van der Waals surface area (Å²) in [6.45, 7) is 1.70. The first-order chi connectivity index (χ1) is 9.94. The van der Waals surface area contributed by atoms with Crippen LogP contribution < -0.4 is 10.5 Å². The Bertz CT molecular complexity index is 918. The molecule has 2 heterocycles. The van der Waals surface area contributed by atoms with Crippen LogP contribution in [0.25, 0.3) is 10.9 Å². The average molecular weight is 304 g/mol. The van der Waals surface area contributed by atoms with E-state index in [1.165, 1.54) is 18.2 Å². The van der Waals surface area contributed by atoms with Gasteiger partial charge in [-0.05, 0) is 37.3 Å². The van der Waals surface area contributed by atoms with Crippen LogP contribution in [-0.4, -0.2) is 18.6 Å². The van der Waals surface area contributed by atoms with Gasteiger partial charge in [-0.25, -0.2) is 18.1 Å². The van der Waals surface area contributed by atoms with Crippen LogP contribution in [0, 0.1) is 6.92 Å². The van der Waals surface area contributed by atoms with Gasteiger partial charge in [-0.3, -0.25) is 0 Å². The molecule has 0 aliphatic rings. The molecular weight excluding hydrogens is 292 g/mol. The van der Waals surface area contributed by atoms with Crippen molar-refractivity contribution in [3.8, 4) is 0 Å². The summed E-state index contributed by atoms with van der Waals surface area (Å²) >= 11 is 0. The first kappa shape index (κ1) is 13.4. The molecular formula is C13H12N4O3S. The Kier molecular flexibility index (Phi) is 3.02. The predicted molar refractivity (Wildman–Crippen MR) is 78.2 cm³/mol. The summed E-state index contributed by atoms with van der Waals surface area (Å²) in [4.78, 5) is 4.23. The monoisotopic (exact) mass is 304 g/mol. The number of hydrogen-bond acceptors (Lipinski definition) is 6. The number of aromatic nitrogens is 2. The van der Waals surface area contributed by atoms with Crippen molar-refractivity contribution in [2.75, 3.05) is 10.5 Å². The summed E-state index contributed by atoms with van der Waals surface area (Å²) in [5, 5.41) is 4.31. The zero-order chi connectivity index (χ0) is 15.0. The van der Waals surface area contributed by atoms with Crippen LogP contribution in [0.3, 0.4) is 0 Å². The number of nitrogens with zero attached hydrogens (tertiary/aromatic N) is 2. The Morgan fingerprint density at radius 1 is 1.19 bits per heavy atom. The standard InChI is InChI=1S/C13H12N4O3S/c1-8-6-13(20-16-8)17-21(18,19)10-3-4-11-9(7-10)2-5-12(14)15-11/h2-7,17H,1H3,(H2,14,15). The summed E-state index contributed by atoms with van der Waals surface area (Å²) in [6.07, 6.45) is 0. The van der Waals surface area contributed by atoms with Gasteiger partial charge >= 0.3 is 0 Å². The third-order valence-electron chi connectivity index (χ3n) is 2.86. The normalized spacial score (nSPS) is 11.7. The molecule has 0 fully saturated rings. The van der Waals surface area contributed by atoms with E-state index in [-0.39, 0.29) is 10.8 Å². The number of hydrogen-bond donors (Lipinski definition) is 2. The lowest BCUT2D eigenvalue weighted by molar-refractivity contribution is 0.430. The molecule has 0 saturated carbocycles. The molecule has 7 nitrogen and oxygen atoms in total. The van der Waals surface area contributed by atoms with Crippen molar-refractivity contribution in [2.45, 2.75) is 11.8 Å². The van der Waals surface area contributed by atoms with Crippen LogP contribution in [0.15, 0.2) is 45.8 Å². The van der Waals surface area contributed by atoms with Crippen molar-refractivity contribution in [1.29, 1.82) is 0 Å². The molecule has 2 aromatic heterocycles. The second kappa shape index (κ2) is 4.74. The number of rotatable bonds is 3. The molecule has 0 aliphatic carbocycles. The van der Waals surface area contributed by atoms with Crippen molar-refractivity contribution >= 4 is 32.6 Å². The fourth-order valence-electron chi connectivity index (χ4n) is 1.89. The Hall–Kier alpha value is -2.61. The Morgan fingerprint density at radius 2 is 2.00 bits per heavy atom. The highest BCUT2D eigenvalue weighted by atomic mass is 32.2. The summed E-state index contributed by atoms with van der Waals surface area (Å²) < 4.78 is 31.7. The molecule has 108 valence electrons. The molecule has 0 spiro atoms. The second-order valence-corrected chi connectivity index (χ2v) is 6.21. The SMILES string of the molecule is Cc1cc(NS(=O)(=O)c2ccc3nc(N)ccc3c2)on1. The number of anilines is 2. The first-order valence-corrected chi connectivity index (χ1v) is 7.55. The van der Waals surface area contributed by atoms with Gasteiger partial charge in [0.15, 0.2) is 0 Å². The lowest BCUT2D eigenvalue weighted by atomic mass is 10.2. The average Bonchev–Trinajstić information content (AvgIpc) is 2.82. The molecule has 21 heavy (non-hydrogen) atoms. The van der Waals surface area contributed by atoms with Crippen molar-refractivity contribution in [3.63, 3.8) is 0 Å². The molecule has 8 heteroatoms. The number of pyridine rings is 1. The maximum atomic E-state index is 12.3. The number of aryl methyl sites for hydroxylation is 1. The van der Waals surface area contributed by atoms with Crippen molar-refractivity contribution < 1.29 is 12.9 Å². The lowest BCUT2D eigenvalue weighted by Crippen LogP contribution is -2.12. The van der Waals surface area contributed by atoms with Gasteiger partial charge in [-0.15, -0.1) is 0 Å². The molecule has 0 bridgehead atoms. The Morgan fingerprint density at radius 3 is 2.71 bits per heavy atom. The van der Waals surface area contributed by atoms with Crippen molar-refractivity contribution in [2.24, 2.45) is 0 Å². The van der Waals surface area contributed by atoms with Crippen LogP contribution in [-0.2, 0) is 10.0 Å². The van der Waals surface area contributed by atoms with Crippen LogP contribution in [0.4, 0.5) is 11.7 Å². The molecule has 1 aromatic carbocycles. The minimum absolute atomic E-state index is 0.0722. The van der Waals surface area contributed by atoms with Gasteiger partial charge in [0.2, 0.25) is 5.88 Å². The molecule has 0 aliphatic heterocycles. The molecule has 3 aromatic rings. The van der Waals surface area contributed by atoms with E-state index in [1.807, 2.05) is 0 Å². The van der Waals surface area contributed by atoms with Gasteiger partial charge in [0, 0.05) is 11.5 Å². The lowest BCUT2D eigenvalue weighted by Gasteiger charge is -2.06. The molecule has 0 saturated heterocycles. The molecule has 0 atom stereocenters. The fraction of sp³-hybridized carbons (Fsp3) is 0.0769. The zero-order valence-electron chi connectivity index (χ0n) is 11.1. The molecule has 3 N–H and O–H groups in total. The Labute approximate surface area is 120 Å². The van der Waals surface area contributed by atoms with Gasteiger partial charge < -0.3 is 10.3 Å². The Balaban J connectivity index is 2.00. The van der Waals surface area contributed by atoms with Crippen molar-refractivity contribution in [1.82, 2.24) is 10.1 Å².